The van der Waals surface area contributed by atoms with Gasteiger partial charge in [-0.25, -0.2) is 4.39 Å². The number of anilines is 1. The zero-order valence-corrected chi connectivity index (χ0v) is 17.4. The maximum atomic E-state index is 14.1. The Morgan fingerprint density at radius 1 is 1.00 bits per heavy atom. The number of halogens is 1. The summed E-state index contributed by atoms with van der Waals surface area (Å²) in [4.78, 5) is 17.3. The molecule has 6 heteroatoms. The van der Waals surface area contributed by atoms with Gasteiger partial charge in [0.25, 0.3) is 5.91 Å². The van der Waals surface area contributed by atoms with E-state index >= 15 is 0 Å². The number of carbonyl (C=O) groups excluding carboxylic acids is 1. The highest BCUT2D eigenvalue weighted by Gasteiger charge is 2.27. The highest BCUT2D eigenvalue weighted by Crippen LogP contribution is 2.25. The quantitative estimate of drug-likeness (QED) is 0.484. The molecule has 0 N–H and O–H groups in total. The molecule has 0 saturated carbocycles. The van der Waals surface area contributed by atoms with Gasteiger partial charge >= 0.3 is 0 Å². The molecule has 158 valence electrons. The maximum absolute atomic E-state index is 14.1. The van der Waals surface area contributed by atoms with Crippen LogP contribution in [-0.2, 0) is 6.54 Å². The molecule has 1 saturated heterocycles. The first-order valence-corrected chi connectivity index (χ1v) is 10.5. The average molecular weight is 417 g/mol. The van der Waals surface area contributed by atoms with Gasteiger partial charge in [0.1, 0.15) is 11.5 Å². The van der Waals surface area contributed by atoms with Crippen molar-refractivity contribution >= 4 is 22.7 Å². The minimum absolute atomic E-state index is 0.0216. The lowest BCUT2D eigenvalue weighted by Gasteiger charge is -2.36. The molecule has 0 spiro atoms. The van der Waals surface area contributed by atoms with Gasteiger partial charge in [-0.3, -0.25) is 4.79 Å². The number of fused-ring (bicyclic) bond motifs is 1. The summed E-state index contributed by atoms with van der Waals surface area (Å²) in [6.07, 6.45) is 1.65. The molecular weight excluding hydrogens is 393 g/mol. The fraction of sp³-hybridized carbons (Fsp3) is 0.240. The lowest BCUT2D eigenvalue weighted by atomic mass is 10.1. The number of piperazine rings is 1. The number of hydrogen-bond acceptors (Lipinski definition) is 3. The number of furan rings is 1. The highest BCUT2D eigenvalue weighted by atomic mass is 19.1. The van der Waals surface area contributed by atoms with E-state index in [2.05, 4.69) is 31.2 Å². The van der Waals surface area contributed by atoms with E-state index in [0.717, 1.165) is 11.1 Å². The molecule has 1 amide bonds. The Kier molecular flexibility index (Phi) is 4.98. The predicted octanol–water partition coefficient (Wildman–Crippen LogP) is 4.69. The van der Waals surface area contributed by atoms with Gasteiger partial charge in [-0.05, 0) is 24.6 Å². The second-order valence-electron chi connectivity index (χ2n) is 8.00. The lowest BCUT2D eigenvalue weighted by molar-refractivity contribution is 0.0736. The van der Waals surface area contributed by atoms with Gasteiger partial charge in [-0.2, -0.15) is 0 Å². The number of aryl methyl sites for hydroxylation is 1. The molecule has 0 atom stereocenters. The van der Waals surface area contributed by atoms with E-state index in [1.165, 1.54) is 11.6 Å². The molecule has 1 fully saturated rings. The van der Waals surface area contributed by atoms with Crippen molar-refractivity contribution in [2.45, 2.75) is 13.5 Å². The van der Waals surface area contributed by atoms with Crippen LogP contribution in [-0.4, -0.2) is 41.6 Å². The van der Waals surface area contributed by atoms with Gasteiger partial charge < -0.3 is 18.8 Å². The SMILES string of the molecule is Cc1ccc(Cn2c(C(=O)N3CCN(c4ccccc4F)CC3)cc3occc32)cc1. The minimum Gasteiger partial charge on any atom is -0.463 e. The van der Waals surface area contributed by atoms with E-state index in [0.29, 0.717) is 49.7 Å². The molecule has 2 aromatic carbocycles. The number of carbonyl (C=O) groups is 1. The highest BCUT2D eigenvalue weighted by molar-refractivity contribution is 5.97. The molecule has 0 radical (unpaired) electrons. The van der Waals surface area contributed by atoms with Crippen LogP contribution >= 0.6 is 0 Å². The number of aromatic nitrogens is 1. The first-order chi connectivity index (χ1) is 15.1. The van der Waals surface area contributed by atoms with Gasteiger partial charge in [0.05, 0.1) is 17.5 Å². The number of nitrogens with zero attached hydrogens (tertiary/aromatic N) is 3. The van der Waals surface area contributed by atoms with Crippen molar-refractivity contribution in [2.24, 2.45) is 0 Å². The summed E-state index contributed by atoms with van der Waals surface area (Å²) in [6.45, 7) is 4.95. The van der Waals surface area contributed by atoms with Crippen LogP contribution in [0.25, 0.3) is 11.1 Å². The van der Waals surface area contributed by atoms with Gasteiger partial charge in [0.2, 0.25) is 0 Å². The van der Waals surface area contributed by atoms with Crippen molar-refractivity contribution in [3.8, 4) is 0 Å². The molecule has 31 heavy (non-hydrogen) atoms. The Morgan fingerprint density at radius 2 is 1.74 bits per heavy atom. The molecular formula is C25H24FN3O2. The third kappa shape index (κ3) is 3.69. The molecule has 2 aromatic heterocycles. The van der Waals surface area contributed by atoms with Crippen LogP contribution < -0.4 is 4.90 Å². The van der Waals surface area contributed by atoms with Crippen LogP contribution in [0, 0.1) is 12.7 Å². The van der Waals surface area contributed by atoms with Gasteiger partial charge in [0, 0.05) is 44.9 Å². The summed E-state index contributed by atoms with van der Waals surface area (Å²) in [7, 11) is 0. The van der Waals surface area contributed by atoms with Crippen molar-refractivity contribution in [2.75, 3.05) is 31.1 Å². The van der Waals surface area contributed by atoms with E-state index in [9.17, 15) is 9.18 Å². The summed E-state index contributed by atoms with van der Waals surface area (Å²) in [5.41, 5.74) is 5.16. The third-order valence-corrected chi connectivity index (χ3v) is 5.96. The van der Waals surface area contributed by atoms with Crippen LogP contribution in [0.2, 0.25) is 0 Å². The number of amides is 1. The van der Waals surface area contributed by atoms with E-state index in [4.69, 9.17) is 4.42 Å². The molecule has 0 bridgehead atoms. The number of benzene rings is 2. The summed E-state index contributed by atoms with van der Waals surface area (Å²) in [5, 5.41) is 0. The van der Waals surface area contributed by atoms with Crippen LogP contribution in [0.1, 0.15) is 21.6 Å². The summed E-state index contributed by atoms with van der Waals surface area (Å²) < 4.78 is 21.7. The zero-order chi connectivity index (χ0) is 21.4. The van der Waals surface area contributed by atoms with Gasteiger partial charge in [0.15, 0.2) is 5.58 Å². The van der Waals surface area contributed by atoms with Crippen LogP contribution in [0.3, 0.4) is 0 Å². The first kappa shape index (κ1) is 19.4. The Morgan fingerprint density at radius 3 is 2.48 bits per heavy atom. The summed E-state index contributed by atoms with van der Waals surface area (Å²) in [5.74, 6) is -0.249. The average Bonchev–Trinajstić information content (AvgIpc) is 3.38. The molecule has 1 aliphatic rings. The maximum Gasteiger partial charge on any atom is 0.270 e. The smallest absolute Gasteiger partial charge is 0.270 e. The molecule has 5 nitrogen and oxygen atoms in total. The van der Waals surface area contributed by atoms with E-state index in [1.54, 1.807) is 18.4 Å². The van der Waals surface area contributed by atoms with E-state index in [-0.39, 0.29) is 11.7 Å². The third-order valence-electron chi connectivity index (χ3n) is 5.96. The van der Waals surface area contributed by atoms with Crippen molar-refractivity contribution in [1.82, 2.24) is 9.47 Å². The van der Waals surface area contributed by atoms with Crippen LogP contribution in [0.5, 0.6) is 0 Å². The zero-order valence-electron chi connectivity index (χ0n) is 17.4. The molecule has 3 heterocycles. The van der Waals surface area contributed by atoms with E-state index in [1.807, 2.05) is 32.6 Å². The largest absolute Gasteiger partial charge is 0.463 e. The fourth-order valence-electron chi connectivity index (χ4n) is 4.22. The second-order valence-corrected chi connectivity index (χ2v) is 8.00. The van der Waals surface area contributed by atoms with Crippen molar-refractivity contribution in [1.29, 1.82) is 0 Å². The van der Waals surface area contributed by atoms with Crippen LogP contribution in [0.15, 0.2) is 71.3 Å². The Balaban J connectivity index is 1.37. The normalized spacial score (nSPS) is 14.4. The molecule has 1 aliphatic heterocycles. The Bertz CT molecular complexity index is 1220. The molecule has 0 unspecified atom stereocenters. The number of rotatable bonds is 4. The summed E-state index contributed by atoms with van der Waals surface area (Å²) in [6, 6.07) is 18.8. The molecule has 4 aromatic rings. The second kappa shape index (κ2) is 7.95. The van der Waals surface area contributed by atoms with Crippen LogP contribution in [0.4, 0.5) is 10.1 Å². The predicted molar refractivity (Wildman–Crippen MR) is 119 cm³/mol. The molecule has 5 rings (SSSR count). The Hall–Kier alpha value is -3.54. The van der Waals surface area contributed by atoms with Crippen molar-refractivity contribution in [3.05, 3.63) is 89.6 Å². The van der Waals surface area contributed by atoms with Gasteiger partial charge in [-0.15, -0.1) is 0 Å². The number of para-hydroxylation sites is 1. The Labute approximate surface area is 180 Å². The topological polar surface area (TPSA) is 41.6 Å². The number of hydrogen-bond donors (Lipinski definition) is 0. The van der Waals surface area contributed by atoms with Gasteiger partial charge in [-0.1, -0.05) is 42.0 Å². The summed E-state index contributed by atoms with van der Waals surface area (Å²) >= 11 is 0. The lowest BCUT2D eigenvalue weighted by Crippen LogP contribution is -2.49. The minimum atomic E-state index is -0.227. The van der Waals surface area contributed by atoms with Crippen molar-refractivity contribution < 1.29 is 13.6 Å². The van der Waals surface area contributed by atoms with E-state index < -0.39 is 0 Å². The molecule has 0 aliphatic carbocycles. The van der Waals surface area contributed by atoms with Crippen molar-refractivity contribution in [3.63, 3.8) is 0 Å². The fourth-order valence-corrected chi connectivity index (χ4v) is 4.22. The monoisotopic (exact) mass is 417 g/mol. The standard InChI is InChI=1S/C25H24FN3O2/c1-18-6-8-19(9-7-18)17-29-22-10-15-31-24(22)16-23(29)25(30)28-13-11-27(12-14-28)21-5-3-2-4-20(21)26/h2-10,15-16H,11-14,17H2,1H3. The first-order valence-electron chi connectivity index (χ1n) is 10.5.